The fourth-order valence-electron chi connectivity index (χ4n) is 2.20. The molecule has 16 heavy (non-hydrogen) atoms. The maximum atomic E-state index is 9.07. The van der Waals surface area contributed by atoms with Crippen molar-refractivity contribution >= 4 is 0 Å². The first-order valence-corrected chi connectivity index (χ1v) is 6.67. The fourth-order valence-corrected chi connectivity index (χ4v) is 2.20. The number of rotatable bonds is 6. The normalized spacial score (nSPS) is 15.6. The van der Waals surface area contributed by atoms with E-state index in [0.717, 1.165) is 24.8 Å². The third-order valence-corrected chi connectivity index (χ3v) is 3.22. The second kappa shape index (κ2) is 8.16. The number of hydrogen-bond acceptors (Lipinski definition) is 1. The summed E-state index contributed by atoms with van der Waals surface area (Å²) in [7, 11) is 0. The third kappa shape index (κ3) is 4.66. The smallest absolute Gasteiger partial charge is 0.0990 e. The van der Waals surface area contributed by atoms with Gasteiger partial charge in [-0.3, -0.25) is 0 Å². The second-order valence-electron chi connectivity index (χ2n) is 4.59. The Morgan fingerprint density at radius 3 is 2.62 bits per heavy atom. The number of unbranched alkanes of at least 4 members (excludes halogenated alkanes) is 4. The molecule has 1 rings (SSSR count). The zero-order valence-electron chi connectivity index (χ0n) is 10.5. The topological polar surface area (TPSA) is 23.8 Å². The van der Waals surface area contributed by atoms with Gasteiger partial charge in [-0.05, 0) is 44.6 Å². The van der Waals surface area contributed by atoms with Crippen LogP contribution in [0.4, 0.5) is 0 Å². The molecule has 0 saturated heterocycles. The van der Waals surface area contributed by atoms with Crippen LogP contribution in [0.1, 0.15) is 64.7 Å². The van der Waals surface area contributed by atoms with E-state index >= 15 is 0 Å². The maximum Gasteiger partial charge on any atom is 0.0990 e. The van der Waals surface area contributed by atoms with Crippen LogP contribution in [0.5, 0.6) is 0 Å². The van der Waals surface area contributed by atoms with Crippen molar-refractivity contribution in [3.8, 4) is 6.07 Å². The highest BCUT2D eigenvalue weighted by Gasteiger charge is 2.10. The van der Waals surface area contributed by atoms with Crippen LogP contribution in [0.3, 0.4) is 0 Å². The summed E-state index contributed by atoms with van der Waals surface area (Å²) < 4.78 is 0. The first-order valence-electron chi connectivity index (χ1n) is 6.67. The van der Waals surface area contributed by atoms with E-state index in [2.05, 4.69) is 19.1 Å². The minimum Gasteiger partial charge on any atom is -0.192 e. The van der Waals surface area contributed by atoms with E-state index < -0.39 is 0 Å². The SMILES string of the molecule is CCCCCC/C=C/C(C#N)=C1CCCC1. The molecule has 0 heterocycles. The predicted octanol–water partition coefficient (Wildman–Crippen LogP) is 4.91. The minimum atomic E-state index is 0.938. The number of hydrogen-bond donors (Lipinski definition) is 0. The molecule has 1 aliphatic rings. The Hall–Kier alpha value is -1.03. The van der Waals surface area contributed by atoms with Gasteiger partial charge in [0.15, 0.2) is 0 Å². The lowest BCUT2D eigenvalue weighted by Crippen LogP contribution is -1.81. The van der Waals surface area contributed by atoms with Gasteiger partial charge in [-0.25, -0.2) is 0 Å². The van der Waals surface area contributed by atoms with Crippen LogP contribution in [0.25, 0.3) is 0 Å². The van der Waals surface area contributed by atoms with Gasteiger partial charge in [0.1, 0.15) is 0 Å². The lowest BCUT2D eigenvalue weighted by atomic mass is 10.1. The molecule has 0 atom stereocenters. The number of nitriles is 1. The maximum absolute atomic E-state index is 9.07. The summed E-state index contributed by atoms with van der Waals surface area (Å²) in [5.74, 6) is 0. The first-order chi connectivity index (χ1) is 7.88. The molecule has 0 spiro atoms. The molecule has 0 amide bonds. The molecular formula is C15H23N. The Morgan fingerprint density at radius 1 is 1.25 bits per heavy atom. The molecule has 1 aliphatic carbocycles. The van der Waals surface area contributed by atoms with Gasteiger partial charge >= 0.3 is 0 Å². The Morgan fingerprint density at radius 2 is 2.00 bits per heavy atom. The summed E-state index contributed by atoms with van der Waals surface area (Å²) in [5.41, 5.74) is 2.32. The van der Waals surface area contributed by atoms with Crippen molar-refractivity contribution in [1.82, 2.24) is 0 Å². The zero-order valence-corrected chi connectivity index (χ0v) is 10.5. The van der Waals surface area contributed by atoms with Gasteiger partial charge in [0.2, 0.25) is 0 Å². The molecular weight excluding hydrogens is 194 g/mol. The monoisotopic (exact) mass is 217 g/mol. The van der Waals surface area contributed by atoms with Crippen molar-refractivity contribution < 1.29 is 0 Å². The van der Waals surface area contributed by atoms with E-state index in [1.807, 2.05) is 6.08 Å². The fraction of sp³-hybridized carbons (Fsp3) is 0.667. The van der Waals surface area contributed by atoms with E-state index in [0.29, 0.717) is 0 Å². The van der Waals surface area contributed by atoms with Crippen LogP contribution >= 0.6 is 0 Å². The van der Waals surface area contributed by atoms with Gasteiger partial charge in [-0.1, -0.05) is 37.8 Å². The first kappa shape index (κ1) is 13.0. The van der Waals surface area contributed by atoms with E-state index in [4.69, 9.17) is 5.26 Å². The largest absolute Gasteiger partial charge is 0.192 e. The molecule has 1 heteroatoms. The van der Waals surface area contributed by atoms with Crippen molar-refractivity contribution in [2.45, 2.75) is 64.7 Å². The van der Waals surface area contributed by atoms with E-state index in [1.165, 1.54) is 44.1 Å². The van der Waals surface area contributed by atoms with Gasteiger partial charge in [-0.2, -0.15) is 5.26 Å². The lowest BCUT2D eigenvalue weighted by Gasteiger charge is -1.97. The van der Waals surface area contributed by atoms with Gasteiger partial charge in [0, 0.05) is 0 Å². The van der Waals surface area contributed by atoms with E-state index in [9.17, 15) is 0 Å². The Bertz CT molecular complexity index is 283. The summed E-state index contributed by atoms with van der Waals surface area (Å²) >= 11 is 0. The average Bonchev–Trinajstić information content (AvgIpc) is 2.82. The summed E-state index contributed by atoms with van der Waals surface area (Å²) in [6, 6.07) is 2.34. The van der Waals surface area contributed by atoms with Crippen molar-refractivity contribution in [1.29, 1.82) is 5.26 Å². The third-order valence-electron chi connectivity index (χ3n) is 3.22. The average molecular weight is 217 g/mol. The molecule has 0 aliphatic heterocycles. The molecule has 0 N–H and O–H groups in total. The highest BCUT2D eigenvalue weighted by atomic mass is 14.3. The quantitative estimate of drug-likeness (QED) is 0.458. The highest BCUT2D eigenvalue weighted by Crippen LogP contribution is 2.27. The van der Waals surface area contributed by atoms with Crippen LogP contribution < -0.4 is 0 Å². The minimum absolute atomic E-state index is 0.938. The summed E-state index contributed by atoms with van der Waals surface area (Å²) in [6.07, 6.45) is 15.4. The molecule has 0 bridgehead atoms. The molecule has 88 valence electrons. The van der Waals surface area contributed by atoms with Crippen LogP contribution in [0.2, 0.25) is 0 Å². The van der Waals surface area contributed by atoms with Crippen LogP contribution in [0.15, 0.2) is 23.3 Å². The van der Waals surface area contributed by atoms with Gasteiger partial charge < -0.3 is 0 Å². The molecule has 1 nitrogen and oxygen atoms in total. The van der Waals surface area contributed by atoms with Gasteiger partial charge in [-0.15, -0.1) is 0 Å². The highest BCUT2D eigenvalue weighted by molar-refractivity contribution is 5.38. The van der Waals surface area contributed by atoms with Gasteiger partial charge in [0.25, 0.3) is 0 Å². The molecule has 0 aromatic carbocycles. The Labute approximate surface area is 99.9 Å². The lowest BCUT2D eigenvalue weighted by molar-refractivity contribution is 0.674. The number of nitrogens with zero attached hydrogens (tertiary/aromatic N) is 1. The van der Waals surface area contributed by atoms with Gasteiger partial charge in [0.05, 0.1) is 11.6 Å². The Balaban J connectivity index is 2.31. The van der Waals surface area contributed by atoms with Crippen molar-refractivity contribution in [3.63, 3.8) is 0 Å². The van der Waals surface area contributed by atoms with Crippen molar-refractivity contribution in [3.05, 3.63) is 23.3 Å². The van der Waals surface area contributed by atoms with Crippen molar-refractivity contribution in [2.24, 2.45) is 0 Å². The van der Waals surface area contributed by atoms with E-state index in [1.54, 1.807) is 0 Å². The standard InChI is InChI=1S/C15H23N/c1-2-3-4-5-6-7-12-15(13-16)14-10-8-9-11-14/h7,12H,2-6,8-11H2,1H3/b12-7+. The van der Waals surface area contributed by atoms with Crippen LogP contribution in [-0.2, 0) is 0 Å². The molecule has 1 fully saturated rings. The summed E-state index contributed by atoms with van der Waals surface area (Å²) in [4.78, 5) is 0. The molecule has 0 radical (unpaired) electrons. The van der Waals surface area contributed by atoms with Crippen LogP contribution in [0, 0.1) is 11.3 Å². The van der Waals surface area contributed by atoms with E-state index in [-0.39, 0.29) is 0 Å². The molecule has 0 aromatic heterocycles. The predicted molar refractivity (Wildman–Crippen MR) is 69.0 cm³/mol. The molecule has 1 saturated carbocycles. The Kier molecular flexibility index (Phi) is 6.65. The second-order valence-corrected chi connectivity index (χ2v) is 4.59. The molecule has 0 aromatic rings. The van der Waals surface area contributed by atoms with Crippen molar-refractivity contribution in [2.75, 3.05) is 0 Å². The molecule has 0 unspecified atom stereocenters. The summed E-state index contributed by atoms with van der Waals surface area (Å²) in [6.45, 7) is 2.23. The van der Waals surface area contributed by atoms with Crippen LogP contribution in [-0.4, -0.2) is 0 Å². The number of allylic oxidation sites excluding steroid dienone is 4. The zero-order chi connectivity index (χ0) is 11.6. The summed E-state index contributed by atoms with van der Waals surface area (Å²) in [5, 5.41) is 9.07.